The molecular weight excluding hydrogens is 461 g/mol. The standard InChI is InChI=1S/C6H12O14S3.3Na/c1-16-6-5(20-23(13,14)15)4(19-22(10,11)12)3(2-17-6)18-21(7,8)9;;;/h3-6H,2H2,1H3,(H,7,8,9)(H,10,11,12)(H,13,14,15);;;/q;3*+1/p-3/t3-,4+,5-,6+;;;/m1.../s1. The third kappa shape index (κ3) is 13.0. The fourth-order valence-electron chi connectivity index (χ4n) is 1.67. The van der Waals surface area contributed by atoms with Crippen LogP contribution in [0.25, 0.3) is 0 Å². The Morgan fingerprint density at radius 3 is 1.50 bits per heavy atom. The van der Waals surface area contributed by atoms with Gasteiger partial charge in [-0.3, -0.25) is 12.5 Å². The molecule has 26 heavy (non-hydrogen) atoms. The molecule has 1 aliphatic heterocycles. The summed E-state index contributed by atoms with van der Waals surface area (Å²) < 4.78 is 117. The average molecular weight is 470 g/mol. The third-order valence-corrected chi connectivity index (χ3v) is 3.71. The minimum absolute atomic E-state index is 0. The van der Waals surface area contributed by atoms with Crippen LogP contribution in [0, 0.1) is 0 Å². The quantitative estimate of drug-likeness (QED) is 0.192. The van der Waals surface area contributed by atoms with Crippen molar-refractivity contribution in [2.45, 2.75) is 24.6 Å². The van der Waals surface area contributed by atoms with E-state index < -0.39 is 62.4 Å². The molecule has 0 aromatic rings. The van der Waals surface area contributed by atoms with Gasteiger partial charge in [0, 0.05) is 7.11 Å². The summed E-state index contributed by atoms with van der Waals surface area (Å²) in [4.78, 5) is 0. The summed E-state index contributed by atoms with van der Waals surface area (Å²) in [5.74, 6) is 0. The average Bonchev–Trinajstić information content (AvgIpc) is 2.28. The molecule has 14 nitrogen and oxygen atoms in total. The Morgan fingerprint density at radius 1 is 0.769 bits per heavy atom. The minimum Gasteiger partial charge on any atom is -0.726 e. The van der Waals surface area contributed by atoms with Crippen molar-refractivity contribution in [3.05, 3.63) is 0 Å². The molecule has 1 rings (SSSR count). The van der Waals surface area contributed by atoms with Gasteiger partial charge in [-0.1, -0.05) is 0 Å². The van der Waals surface area contributed by atoms with Crippen LogP contribution in [0.1, 0.15) is 0 Å². The third-order valence-electron chi connectivity index (χ3n) is 2.31. The van der Waals surface area contributed by atoms with Crippen molar-refractivity contribution in [3.8, 4) is 0 Å². The Balaban J connectivity index is -0.00000176. The van der Waals surface area contributed by atoms with Gasteiger partial charge in [-0.2, -0.15) is 0 Å². The van der Waals surface area contributed by atoms with Gasteiger partial charge in [0.2, 0.25) is 31.2 Å². The number of methoxy groups -OCH3 is 1. The van der Waals surface area contributed by atoms with Crippen LogP contribution < -0.4 is 88.7 Å². The van der Waals surface area contributed by atoms with Crippen molar-refractivity contribution in [1.29, 1.82) is 0 Å². The van der Waals surface area contributed by atoms with Crippen molar-refractivity contribution in [1.82, 2.24) is 0 Å². The molecule has 1 aliphatic rings. The first-order valence-electron chi connectivity index (χ1n) is 5.28. The van der Waals surface area contributed by atoms with Gasteiger partial charge in [-0.25, -0.2) is 25.3 Å². The summed E-state index contributed by atoms with van der Waals surface area (Å²) >= 11 is 0. The minimum atomic E-state index is -5.55. The first kappa shape index (κ1) is 33.2. The van der Waals surface area contributed by atoms with Crippen LogP contribution in [-0.4, -0.2) is 77.2 Å². The smallest absolute Gasteiger partial charge is 0.726 e. The predicted molar refractivity (Wildman–Crippen MR) is 60.5 cm³/mol. The second-order valence-electron chi connectivity index (χ2n) is 3.92. The van der Waals surface area contributed by atoms with Gasteiger partial charge in [0.1, 0.15) is 12.2 Å². The molecule has 1 fully saturated rings. The summed E-state index contributed by atoms with van der Waals surface area (Å²) in [6.45, 7) is -0.862. The molecule has 0 bridgehead atoms. The van der Waals surface area contributed by atoms with Gasteiger partial charge in [0.25, 0.3) is 0 Å². The van der Waals surface area contributed by atoms with Crippen LogP contribution in [0.15, 0.2) is 0 Å². The number of hydrogen-bond donors (Lipinski definition) is 0. The summed E-state index contributed by atoms with van der Waals surface area (Å²) in [5.41, 5.74) is 0. The van der Waals surface area contributed by atoms with Gasteiger partial charge in [-0.05, 0) is 0 Å². The molecule has 1 saturated heterocycles. The van der Waals surface area contributed by atoms with Crippen LogP contribution in [-0.2, 0) is 53.2 Å². The Kier molecular flexibility index (Phi) is 16.7. The van der Waals surface area contributed by atoms with Gasteiger partial charge in [-0.15, -0.1) is 0 Å². The zero-order valence-electron chi connectivity index (χ0n) is 14.0. The molecular formula is C6H9Na3O14S3. The summed E-state index contributed by atoms with van der Waals surface area (Å²) in [6.07, 6.45) is -8.42. The fraction of sp³-hybridized carbons (Fsp3) is 1.00. The zero-order valence-corrected chi connectivity index (χ0v) is 22.4. The number of hydrogen-bond acceptors (Lipinski definition) is 14. The van der Waals surface area contributed by atoms with E-state index in [4.69, 9.17) is 4.74 Å². The predicted octanol–water partition coefficient (Wildman–Crippen LogP) is -12.5. The van der Waals surface area contributed by atoms with Gasteiger partial charge < -0.3 is 23.1 Å². The van der Waals surface area contributed by atoms with Crippen LogP contribution in [0.5, 0.6) is 0 Å². The second kappa shape index (κ2) is 13.1. The molecule has 20 heteroatoms. The normalized spacial score (nSPS) is 26.8. The molecule has 0 radical (unpaired) electrons. The molecule has 0 spiro atoms. The first-order valence-corrected chi connectivity index (χ1v) is 9.28. The molecule has 4 atom stereocenters. The molecule has 0 aliphatic carbocycles. The maximum atomic E-state index is 10.7. The first-order chi connectivity index (χ1) is 10.2. The Morgan fingerprint density at radius 2 is 1.15 bits per heavy atom. The largest absolute Gasteiger partial charge is 1.00 e. The van der Waals surface area contributed by atoms with E-state index >= 15 is 0 Å². The van der Waals surface area contributed by atoms with Crippen molar-refractivity contribution in [3.63, 3.8) is 0 Å². The van der Waals surface area contributed by atoms with E-state index in [0.717, 1.165) is 7.11 Å². The van der Waals surface area contributed by atoms with Crippen LogP contribution >= 0.6 is 0 Å². The number of ether oxygens (including phenoxy) is 2. The van der Waals surface area contributed by atoms with Crippen molar-refractivity contribution in [2.24, 2.45) is 0 Å². The van der Waals surface area contributed by atoms with E-state index in [-0.39, 0.29) is 88.7 Å². The van der Waals surface area contributed by atoms with E-state index in [1.54, 1.807) is 0 Å². The maximum absolute atomic E-state index is 10.7. The van der Waals surface area contributed by atoms with Crippen LogP contribution in [0.2, 0.25) is 0 Å². The van der Waals surface area contributed by atoms with Crippen molar-refractivity contribution >= 4 is 31.2 Å². The molecule has 0 N–H and O–H groups in total. The van der Waals surface area contributed by atoms with Gasteiger partial charge >= 0.3 is 88.7 Å². The Hall–Kier alpha value is 2.53. The summed E-state index contributed by atoms with van der Waals surface area (Å²) in [5, 5.41) is 0. The van der Waals surface area contributed by atoms with Crippen LogP contribution in [0.3, 0.4) is 0 Å². The zero-order chi connectivity index (χ0) is 18.1. The number of rotatable bonds is 7. The fourth-order valence-corrected chi connectivity index (χ4v) is 3.12. The molecule has 0 unspecified atom stereocenters. The monoisotopic (exact) mass is 470 g/mol. The Bertz CT molecular complexity index is 719. The Labute approximate surface area is 216 Å². The summed E-state index contributed by atoms with van der Waals surface area (Å²) in [6, 6.07) is 0. The van der Waals surface area contributed by atoms with E-state index in [1.165, 1.54) is 0 Å². The molecule has 0 saturated carbocycles. The van der Waals surface area contributed by atoms with E-state index in [9.17, 15) is 38.9 Å². The molecule has 138 valence electrons. The topological polar surface area (TPSA) is 218 Å². The maximum Gasteiger partial charge on any atom is 1.00 e. The van der Waals surface area contributed by atoms with Crippen LogP contribution in [0.4, 0.5) is 0 Å². The molecule has 0 amide bonds. The van der Waals surface area contributed by atoms with E-state index in [1.807, 2.05) is 0 Å². The van der Waals surface area contributed by atoms with Gasteiger partial charge in [0.05, 0.1) is 6.61 Å². The van der Waals surface area contributed by atoms with Crippen molar-refractivity contribution in [2.75, 3.05) is 13.7 Å². The molecule has 0 aromatic carbocycles. The molecule has 0 aromatic heterocycles. The van der Waals surface area contributed by atoms with Crippen molar-refractivity contribution < 1.29 is 150 Å². The van der Waals surface area contributed by atoms with E-state index in [0.29, 0.717) is 0 Å². The summed E-state index contributed by atoms with van der Waals surface area (Å²) in [7, 11) is -15.6. The second-order valence-corrected chi connectivity index (χ2v) is 6.95. The SMILES string of the molecule is CO[C@H]1OC[C@@H](OS(=O)(=O)[O-])[C@H](OS(=O)(=O)[O-])[C@H]1OS(=O)(=O)[O-].[Na+].[Na+].[Na+]. The van der Waals surface area contributed by atoms with Gasteiger partial charge in [0.15, 0.2) is 12.4 Å². The van der Waals surface area contributed by atoms with E-state index in [2.05, 4.69) is 17.3 Å². The molecule has 1 heterocycles.